The van der Waals surface area contributed by atoms with Gasteiger partial charge in [0.15, 0.2) is 0 Å². The smallest absolute Gasteiger partial charge is 0.416 e. The molecule has 1 aliphatic carbocycles. The van der Waals surface area contributed by atoms with Crippen LogP contribution in [0.1, 0.15) is 58.4 Å². The van der Waals surface area contributed by atoms with Crippen molar-refractivity contribution >= 4 is 5.97 Å². The van der Waals surface area contributed by atoms with Gasteiger partial charge in [-0.3, -0.25) is 9.69 Å². The van der Waals surface area contributed by atoms with Gasteiger partial charge < -0.3 is 19.1 Å². The molecule has 1 fully saturated rings. The Balaban J connectivity index is 1.37. The van der Waals surface area contributed by atoms with E-state index in [0.29, 0.717) is 56.2 Å². The van der Waals surface area contributed by atoms with Crippen LogP contribution in [-0.4, -0.2) is 47.4 Å². The maximum absolute atomic E-state index is 13.9. The van der Waals surface area contributed by atoms with Crippen molar-refractivity contribution in [2.24, 2.45) is 0 Å². The summed E-state index contributed by atoms with van der Waals surface area (Å²) in [5, 5.41) is 13.2. The normalized spacial score (nSPS) is 18.9. The molecule has 3 aromatic rings. The summed E-state index contributed by atoms with van der Waals surface area (Å²) in [5.74, 6) is -0.867. The maximum Gasteiger partial charge on any atom is 0.416 e. The van der Waals surface area contributed by atoms with Crippen molar-refractivity contribution in [3.63, 3.8) is 0 Å². The quantitative estimate of drug-likeness (QED) is 0.441. The number of hydrogen-bond donors (Lipinski definition) is 1. The molecular formula is C27H27F3N2O5. The number of fused-ring (bicyclic) bond motifs is 1. The number of rotatable bonds is 8. The third-order valence-corrected chi connectivity index (χ3v) is 7.02. The largest absolute Gasteiger partial charge is 0.486 e. The number of carbonyl (C=O) groups is 1. The summed E-state index contributed by atoms with van der Waals surface area (Å²) in [4.78, 5) is 13.4. The highest BCUT2D eigenvalue weighted by molar-refractivity contribution is 5.68. The summed E-state index contributed by atoms with van der Waals surface area (Å²) in [6.07, 6.45) is -2.45. The molecule has 2 aliphatic rings. The molecule has 37 heavy (non-hydrogen) atoms. The number of halogens is 3. The lowest BCUT2D eigenvalue weighted by Crippen LogP contribution is -2.36. The van der Waals surface area contributed by atoms with Crippen molar-refractivity contribution in [3.8, 4) is 5.75 Å². The Kier molecular flexibility index (Phi) is 7.21. The molecule has 0 unspecified atom stereocenters. The summed E-state index contributed by atoms with van der Waals surface area (Å²) in [6.45, 7) is 2.47. The van der Waals surface area contributed by atoms with Crippen LogP contribution in [0.25, 0.3) is 0 Å². The number of alkyl halides is 3. The molecule has 196 valence electrons. The first kappa shape index (κ1) is 25.3. The number of aromatic nitrogens is 1. The van der Waals surface area contributed by atoms with Gasteiger partial charge in [0.2, 0.25) is 0 Å². The standard InChI is InChI=1S/C27H27F3N2O5/c28-27(29,30)23-7-5-20-19(22(23)16-32-10-13-35-14-11-32)6-8-25(20)37-18-3-1-17(2-4-18)21(15-26(33)34)24-9-12-36-31-24/h1-5,7,9,12,21,25H,6,8,10-11,13-16H2,(H,33,34)/t21-,25+/m0/s1. The van der Waals surface area contributed by atoms with Crippen LogP contribution in [0.15, 0.2) is 53.3 Å². The number of hydrogen-bond acceptors (Lipinski definition) is 6. The summed E-state index contributed by atoms with van der Waals surface area (Å²) < 4.78 is 58.1. The summed E-state index contributed by atoms with van der Waals surface area (Å²) in [5.41, 5.74) is 2.52. The zero-order valence-corrected chi connectivity index (χ0v) is 20.0. The van der Waals surface area contributed by atoms with E-state index in [1.807, 2.05) is 4.90 Å². The topological polar surface area (TPSA) is 85.0 Å². The Morgan fingerprint density at radius 3 is 2.54 bits per heavy atom. The third kappa shape index (κ3) is 5.65. The minimum atomic E-state index is -4.43. The van der Waals surface area contributed by atoms with Gasteiger partial charge in [0, 0.05) is 31.6 Å². The average Bonchev–Trinajstić information content (AvgIpc) is 3.54. The SMILES string of the molecule is O=C(O)C[C@@H](c1ccc(O[C@@H]2CCc3c2ccc(C(F)(F)F)c3CN2CCOCC2)cc1)c1ccon1. The van der Waals surface area contributed by atoms with Crippen LogP contribution in [0.4, 0.5) is 13.2 Å². The fourth-order valence-corrected chi connectivity index (χ4v) is 5.20. The highest BCUT2D eigenvalue weighted by atomic mass is 19.4. The van der Waals surface area contributed by atoms with Gasteiger partial charge in [-0.15, -0.1) is 0 Å². The van der Waals surface area contributed by atoms with E-state index >= 15 is 0 Å². The number of ether oxygens (including phenoxy) is 2. The number of aliphatic carboxylic acids is 1. The molecule has 0 bridgehead atoms. The van der Waals surface area contributed by atoms with Crippen LogP contribution in [0.2, 0.25) is 0 Å². The van der Waals surface area contributed by atoms with E-state index in [-0.39, 0.29) is 19.1 Å². The lowest BCUT2D eigenvalue weighted by atomic mass is 9.92. The average molecular weight is 517 g/mol. The molecule has 0 saturated carbocycles. The predicted molar refractivity (Wildman–Crippen MR) is 126 cm³/mol. The Labute approximate surface area is 211 Å². The van der Waals surface area contributed by atoms with E-state index in [1.165, 1.54) is 12.3 Å². The Bertz CT molecular complexity index is 1220. The van der Waals surface area contributed by atoms with E-state index in [4.69, 9.17) is 14.0 Å². The molecule has 2 heterocycles. The van der Waals surface area contributed by atoms with Gasteiger partial charge in [-0.05, 0) is 53.3 Å². The van der Waals surface area contributed by atoms with Gasteiger partial charge in [0.1, 0.15) is 18.1 Å². The molecule has 0 radical (unpaired) electrons. The number of benzene rings is 2. The molecular weight excluding hydrogens is 489 g/mol. The molecule has 1 aliphatic heterocycles. The minimum absolute atomic E-state index is 0.143. The van der Waals surface area contributed by atoms with Crippen molar-refractivity contribution in [2.45, 2.75) is 44.0 Å². The molecule has 0 spiro atoms. The van der Waals surface area contributed by atoms with Crippen LogP contribution < -0.4 is 4.74 Å². The van der Waals surface area contributed by atoms with Gasteiger partial charge in [-0.25, -0.2) is 0 Å². The van der Waals surface area contributed by atoms with Crippen LogP contribution in [0.5, 0.6) is 5.75 Å². The van der Waals surface area contributed by atoms with Gasteiger partial charge in [-0.2, -0.15) is 13.2 Å². The number of carboxylic acid groups (broad SMARTS) is 1. The van der Waals surface area contributed by atoms with Gasteiger partial charge in [0.05, 0.1) is 30.9 Å². The molecule has 5 rings (SSSR count). The molecule has 1 aromatic heterocycles. The Morgan fingerprint density at radius 2 is 1.89 bits per heavy atom. The zero-order chi connectivity index (χ0) is 26.0. The zero-order valence-electron chi connectivity index (χ0n) is 20.0. The second kappa shape index (κ2) is 10.5. The van der Waals surface area contributed by atoms with Crippen molar-refractivity contribution in [1.82, 2.24) is 10.1 Å². The monoisotopic (exact) mass is 516 g/mol. The molecule has 2 atom stereocenters. The second-order valence-corrected chi connectivity index (χ2v) is 9.33. The number of morpholine rings is 1. The predicted octanol–water partition coefficient (Wildman–Crippen LogP) is 5.20. The lowest BCUT2D eigenvalue weighted by Gasteiger charge is -2.29. The molecule has 0 amide bonds. The lowest BCUT2D eigenvalue weighted by molar-refractivity contribution is -0.139. The highest BCUT2D eigenvalue weighted by Crippen LogP contribution is 2.42. The Hall–Kier alpha value is -3.37. The summed E-state index contributed by atoms with van der Waals surface area (Å²) in [6, 6.07) is 11.4. The fourth-order valence-electron chi connectivity index (χ4n) is 5.20. The van der Waals surface area contributed by atoms with E-state index in [0.717, 1.165) is 16.7 Å². The van der Waals surface area contributed by atoms with Gasteiger partial charge in [0.25, 0.3) is 0 Å². The van der Waals surface area contributed by atoms with Crippen molar-refractivity contribution in [1.29, 1.82) is 0 Å². The number of carboxylic acids is 1. The first-order valence-electron chi connectivity index (χ1n) is 12.2. The highest BCUT2D eigenvalue weighted by Gasteiger charge is 2.38. The van der Waals surface area contributed by atoms with Crippen LogP contribution in [0, 0.1) is 0 Å². The fraction of sp³-hybridized carbons (Fsp3) is 0.407. The maximum atomic E-state index is 13.9. The second-order valence-electron chi connectivity index (χ2n) is 9.33. The van der Waals surface area contributed by atoms with Crippen molar-refractivity contribution in [2.75, 3.05) is 26.3 Å². The first-order chi connectivity index (χ1) is 17.8. The minimum Gasteiger partial charge on any atom is -0.486 e. The van der Waals surface area contributed by atoms with Crippen LogP contribution >= 0.6 is 0 Å². The van der Waals surface area contributed by atoms with E-state index in [1.54, 1.807) is 36.4 Å². The summed E-state index contributed by atoms with van der Waals surface area (Å²) in [7, 11) is 0. The Morgan fingerprint density at radius 1 is 1.14 bits per heavy atom. The van der Waals surface area contributed by atoms with Gasteiger partial charge in [-0.1, -0.05) is 23.4 Å². The van der Waals surface area contributed by atoms with E-state index in [9.17, 15) is 23.1 Å². The molecule has 7 nitrogen and oxygen atoms in total. The molecule has 1 saturated heterocycles. The number of nitrogens with zero attached hydrogens (tertiary/aromatic N) is 2. The third-order valence-electron chi connectivity index (χ3n) is 7.02. The van der Waals surface area contributed by atoms with E-state index < -0.39 is 23.6 Å². The van der Waals surface area contributed by atoms with Crippen molar-refractivity contribution < 1.29 is 37.1 Å². The van der Waals surface area contributed by atoms with Crippen LogP contribution in [-0.2, 0) is 28.7 Å². The first-order valence-corrected chi connectivity index (χ1v) is 12.2. The van der Waals surface area contributed by atoms with Gasteiger partial charge >= 0.3 is 12.1 Å². The molecule has 10 heteroatoms. The molecule has 2 aromatic carbocycles. The van der Waals surface area contributed by atoms with E-state index in [2.05, 4.69) is 5.16 Å². The summed E-state index contributed by atoms with van der Waals surface area (Å²) >= 11 is 0. The van der Waals surface area contributed by atoms with Crippen molar-refractivity contribution in [3.05, 3.63) is 82.2 Å². The molecule has 1 N–H and O–H groups in total. The van der Waals surface area contributed by atoms with Crippen LogP contribution in [0.3, 0.4) is 0 Å².